The first kappa shape index (κ1) is 12.8. The number of rotatable bonds is 5. The highest BCUT2D eigenvalue weighted by Crippen LogP contribution is 2.17. The fraction of sp³-hybridized carbons (Fsp3) is 0.400. The van der Waals surface area contributed by atoms with Gasteiger partial charge < -0.3 is 9.88 Å². The van der Waals surface area contributed by atoms with Gasteiger partial charge in [-0.15, -0.1) is 0 Å². The average molecular weight is 243 g/mol. The van der Waals surface area contributed by atoms with Crippen LogP contribution in [-0.2, 0) is 13.1 Å². The molecule has 1 atom stereocenters. The quantitative estimate of drug-likeness (QED) is 0.874. The summed E-state index contributed by atoms with van der Waals surface area (Å²) in [6.07, 6.45) is 3.82. The Morgan fingerprint density at radius 1 is 1.33 bits per heavy atom. The second kappa shape index (κ2) is 5.83. The summed E-state index contributed by atoms with van der Waals surface area (Å²) in [4.78, 5) is 4.18. The summed E-state index contributed by atoms with van der Waals surface area (Å²) in [6.45, 7) is 8.31. The number of benzene rings is 1. The standard InChI is InChI=1S/C15H21N3/c1-4-18-11-16-9-14(18)10-17-13(3)15-8-6-5-7-12(15)2/h5-9,11,13,17H,4,10H2,1-3H3/t13-/m0/s1. The normalized spacial score (nSPS) is 12.6. The Bertz CT molecular complexity index is 502. The first-order valence-corrected chi connectivity index (χ1v) is 6.50. The molecule has 18 heavy (non-hydrogen) atoms. The monoisotopic (exact) mass is 243 g/mol. The van der Waals surface area contributed by atoms with Crippen LogP contribution in [0.3, 0.4) is 0 Å². The van der Waals surface area contributed by atoms with E-state index in [1.807, 2.05) is 12.5 Å². The number of imidazole rings is 1. The van der Waals surface area contributed by atoms with Crippen molar-refractivity contribution in [3.63, 3.8) is 0 Å². The van der Waals surface area contributed by atoms with Gasteiger partial charge in [0.15, 0.2) is 0 Å². The molecule has 0 radical (unpaired) electrons. The molecule has 1 aromatic carbocycles. The van der Waals surface area contributed by atoms with Crippen molar-refractivity contribution in [2.45, 2.75) is 39.9 Å². The lowest BCUT2D eigenvalue weighted by Gasteiger charge is -2.17. The van der Waals surface area contributed by atoms with E-state index >= 15 is 0 Å². The zero-order chi connectivity index (χ0) is 13.0. The Balaban J connectivity index is 2.01. The Hall–Kier alpha value is -1.61. The molecule has 1 aromatic heterocycles. The molecule has 0 fully saturated rings. The molecule has 2 rings (SSSR count). The number of nitrogens with one attached hydrogen (secondary N) is 1. The van der Waals surface area contributed by atoms with Crippen LogP contribution in [0.15, 0.2) is 36.8 Å². The SMILES string of the molecule is CCn1cncc1CN[C@@H](C)c1ccccc1C. The minimum absolute atomic E-state index is 0.353. The maximum Gasteiger partial charge on any atom is 0.0948 e. The van der Waals surface area contributed by atoms with Gasteiger partial charge in [-0.2, -0.15) is 0 Å². The lowest BCUT2D eigenvalue weighted by Crippen LogP contribution is -2.20. The fourth-order valence-corrected chi connectivity index (χ4v) is 2.22. The zero-order valence-corrected chi connectivity index (χ0v) is 11.4. The van der Waals surface area contributed by atoms with E-state index in [0.717, 1.165) is 13.1 Å². The molecule has 1 heterocycles. The van der Waals surface area contributed by atoms with E-state index in [0.29, 0.717) is 6.04 Å². The summed E-state index contributed by atoms with van der Waals surface area (Å²) in [5, 5.41) is 3.56. The van der Waals surface area contributed by atoms with E-state index in [9.17, 15) is 0 Å². The molecule has 0 spiro atoms. The predicted molar refractivity (Wildman–Crippen MR) is 74.3 cm³/mol. The second-order valence-electron chi connectivity index (χ2n) is 4.63. The van der Waals surface area contributed by atoms with Gasteiger partial charge in [0.25, 0.3) is 0 Å². The van der Waals surface area contributed by atoms with Crippen molar-refractivity contribution < 1.29 is 0 Å². The van der Waals surface area contributed by atoms with E-state index in [2.05, 4.69) is 59.9 Å². The first-order chi connectivity index (χ1) is 8.72. The highest BCUT2D eigenvalue weighted by Gasteiger charge is 2.08. The van der Waals surface area contributed by atoms with Gasteiger partial charge in [-0.3, -0.25) is 0 Å². The van der Waals surface area contributed by atoms with Crippen LogP contribution in [-0.4, -0.2) is 9.55 Å². The molecule has 0 aliphatic heterocycles. The van der Waals surface area contributed by atoms with E-state index < -0.39 is 0 Å². The van der Waals surface area contributed by atoms with E-state index in [4.69, 9.17) is 0 Å². The van der Waals surface area contributed by atoms with Crippen LogP contribution in [0.1, 0.15) is 36.7 Å². The lowest BCUT2D eigenvalue weighted by molar-refractivity contribution is 0.547. The summed E-state index contributed by atoms with van der Waals surface area (Å²) >= 11 is 0. The largest absolute Gasteiger partial charge is 0.334 e. The molecule has 0 aliphatic carbocycles. The van der Waals surface area contributed by atoms with Gasteiger partial charge >= 0.3 is 0 Å². The minimum Gasteiger partial charge on any atom is -0.334 e. The third-order valence-electron chi connectivity index (χ3n) is 3.38. The van der Waals surface area contributed by atoms with Gasteiger partial charge in [0.2, 0.25) is 0 Å². The molecule has 0 aliphatic rings. The predicted octanol–water partition coefficient (Wildman–Crippen LogP) is 3.06. The summed E-state index contributed by atoms with van der Waals surface area (Å²) in [5.41, 5.74) is 3.93. The third kappa shape index (κ3) is 2.79. The van der Waals surface area contributed by atoms with Gasteiger partial charge in [0.1, 0.15) is 0 Å². The van der Waals surface area contributed by atoms with Crippen molar-refractivity contribution in [1.29, 1.82) is 0 Å². The molecular formula is C15H21N3. The molecule has 2 aromatic rings. The van der Waals surface area contributed by atoms with Gasteiger partial charge in [-0.1, -0.05) is 24.3 Å². The van der Waals surface area contributed by atoms with Gasteiger partial charge in [0.05, 0.1) is 12.0 Å². The fourth-order valence-electron chi connectivity index (χ4n) is 2.22. The van der Waals surface area contributed by atoms with E-state index in [1.54, 1.807) is 0 Å². The smallest absolute Gasteiger partial charge is 0.0948 e. The Morgan fingerprint density at radius 2 is 2.11 bits per heavy atom. The van der Waals surface area contributed by atoms with Crippen LogP contribution < -0.4 is 5.32 Å². The second-order valence-corrected chi connectivity index (χ2v) is 4.63. The van der Waals surface area contributed by atoms with Crippen LogP contribution >= 0.6 is 0 Å². The van der Waals surface area contributed by atoms with Gasteiger partial charge in [0, 0.05) is 25.3 Å². The molecule has 0 unspecified atom stereocenters. The van der Waals surface area contributed by atoms with Crippen LogP contribution in [0.4, 0.5) is 0 Å². The van der Waals surface area contributed by atoms with Gasteiger partial charge in [-0.25, -0.2) is 4.98 Å². The third-order valence-corrected chi connectivity index (χ3v) is 3.38. The van der Waals surface area contributed by atoms with Crippen molar-refractivity contribution in [2.75, 3.05) is 0 Å². The van der Waals surface area contributed by atoms with Crippen molar-refractivity contribution >= 4 is 0 Å². The van der Waals surface area contributed by atoms with Crippen LogP contribution in [0.5, 0.6) is 0 Å². The summed E-state index contributed by atoms with van der Waals surface area (Å²) in [6, 6.07) is 8.87. The molecule has 3 nitrogen and oxygen atoms in total. The highest BCUT2D eigenvalue weighted by atomic mass is 15.1. The Morgan fingerprint density at radius 3 is 2.83 bits per heavy atom. The summed E-state index contributed by atoms with van der Waals surface area (Å²) < 4.78 is 2.16. The van der Waals surface area contributed by atoms with Crippen molar-refractivity contribution in [1.82, 2.24) is 14.9 Å². The molecule has 0 amide bonds. The Labute approximate surface area is 109 Å². The van der Waals surface area contributed by atoms with Crippen LogP contribution in [0.2, 0.25) is 0 Å². The van der Waals surface area contributed by atoms with E-state index in [1.165, 1.54) is 16.8 Å². The molecule has 3 heteroatoms. The van der Waals surface area contributed by atoms with Crippen molar-refractivity contribution in [3.05, 3.63) is 53.6 Å². The van der Waals surface area contributed by atoms with E-state index in [-0.39, 0.29) is 0 Å². The maximum absolute atomic E-state index is 4.18. The number of hydrogen-bond acceptors (Lipinski definition) is 2. The summed E-state index contributed by atoms with van der Waals surface area (Å²) in [7, 11) is 0. The Kier molecular flexibility index (Phi) is 4.15. The lowest BCUT2D eigenvalue weighted by atomic mass is 10.0. The maximum atomic E-state index is 4.18. The van der Waals surface area contributed by atoms with Crippen LogP contribution in [0.25, 0.3) is 0 Å². The van der Waals surface area contributed by atoms with Gasteiger partial charge in [-0.05, 0) is 31.9 Å². The number of nitrogens with zero attached hydrogens (tertiary/aromatic N) is 2. The van der Waals surface area contributed by atoms with Crippen molar-refractivity contribution in [3.8, 4) is 0 Å². The number of hydrogen-bond donors (Lipinski definition) is 1. The average Bonchev–Trinajstić information content (AvgIpc) is 2.84. The number of aromatic nitrogens is 2. The molecule has 1 N–H and O–H groups in total. The molecular weight excluding hydrogens is 222 g/mol. The first-order valence-electron chi connectivity index (χ1n) is 6.50. The topological polar surface area (TPSA) is 29.9 Å². The van der Waals surface area contributed by atoms with Crippen molar-refractivity contribution in [2.24, 2.45) is 0 Å². The van der Waals surface area contributed by atoms with Crippen LogP contribution in [0, 0.1) is 6.92 Å². The molecule has 96 valence electrons. The molecule has 0 saturated carbocycles. The molecule has 0 saturated heterocycles. The molecule has 0 bridgehead atoms. The minimum atomic E-state index is 0.353. The zero-order valence-electron chi connectivity index (χ0n) is 11.4. The highest BCUT2D eigenvalue weighted by molar-refractivity contribution is 5.28. The summed E-state index contributed by atoms with van der Waals surface area (Å²) in [5.74, 6) is 0. The number of aryl methyl sites for hydroxylation is 2.